The second-order valence-electron chi connectivity index (χ2n) is 4.32. The second kappa shape index (κ2) is 4.52. The molecule has 5 nitrogen and oxygen atoms in total. The molecule has 0 aliphatic heterocycles. The summed E-state index contributed by atoms with van der Waals surface area (Å²) in [5, 5.41) is 6.96. The number of aryl methyl sites for hydroxylation is 3. The van der Waals surface area contributed by atoms with Crippen LogP contribution in [0.5, 0.6) is 0 Å². The lowest BCUT2D eigenvalue weighted by Gasteiger charge is -2.07. The molecule has 2 rings (SSSR count). The van der Waals surface area contributed by atoms with Crippen LogP contribution >= 0.6 is 0 Å². The molecule has 2 aromatic rings. The van der Waals surface area contributed by atoms with Crippen molar-refractivity contribution in [2.75, 3.05) is 11.1 Å². The van der Waals surface area contributed by atoms with E-state index in [-0.39, 0.29) is 5.91 Å². The lowest BCUT2D eigenvalue weighted by atomic mass is 10.2. The van der Waals surface area contributed by atoms with Gasteiger partial charge in [0.05, 0.1) is 0 Å². The first-order valence-electron chi connectivity index (χ1n) is 5.65. The Kier molecular flexibility index (Phi) is 3.06. The summed E-state index contributed by atoms with van der Waals surface area (Å²) in [6.07, 6.45) is 0. The van der Waals surface area contributed by atoms with Crippen molar-refractivity contribution >= 4 is 17.3 Å². The Morgan fingerprint density at radius 2 is 2.06 bits per heavy atom. The van der Waals surface area contributed by atoms with Gasteiger partial charge in [-0.3, -0.25) is 9.48 Å². The fraction of sp³-hybridized carbons (Fsp3) is 0.231. The number of nitrogens with two attached hydrogens (primary N) is 1. The van der Waals surface area contributed by atoms with E-state index in [2.05, 4.69) is 10.4 Å². The van der Waals surface area contributed by atoms with E-state index in [0.717, 1.165) is 16.9 Å². The van der Waals surface area contributed by atoms with Gasteiger partial charge in [0.1, 0.15) is 0 Å². The maximum atomic E-state index is 12.0. The van der Waals surface area contributed by atoms with E-state index < -0.39 is 0 Å². The van der Waals surface area contributed by atoms with E-state index in [1.807, 2.05) is 19.9 Å². The van der Waals surface area contributed by atoms with Gasteiger partial charge in [-0.25, -0.2) is 0 Å². The smallest absolute Gasteiger partial charge is 0.276 e. The topological polar surface area (TPSA) is 72.9 Å². The highest BCUT2D eigenvalue weighted by atomic mass is 16.1. The van der Waals surface area contributed by atoms with Gasteiger partial charge >= 0.3 is 0 Å². The SMILES string of the molecule is Cc1cc(N)ccc1NC(=O)c1cc(C)n(C)n1. The molecular formula is C13H16N4O. The molecule has 1 amide bonds. The maximum Gasteiger partial charge on any atom is 0.276 e. The van der Waals surface area contributed by atoms with Gasteiger partial charge in [0, 0.05) is 24.1 Å². The van der Waals surface area contributed by atoms with Crippen molar-refractivity contribution in [3.63, 3.8) is 0 Å². The van der Waals surface area contributed by atoms with Gasteiger partial charge in [0.2, 0.25) is 0 Å². The third-order valence-corrected chi connectivity index (χ3v) is 2.85. The Morgan fingerprint density at radius 3 is 2.61 bits per heavy atom. The molecule has 0 aliphatic rings. The quantitative estimate of drug-likeness (QED) is 0.792. The highest BCUT2D eigenvalue weighted by molar-refractivity contribution is 6.03. The van der Waals surface area contributed by atoms with Crippen LogP contribution in [-0.2, 0) is 7.05 Å². The van der Waals surface area contributed by atoms with Gasteiger partial charge in [-0.05, 0) is 43.7 Å². The van der Waals surface area contributed by atoms with Crippen LogP contribution in [0.15, 0.2) is 24.3 Å². The van der Waals surface area contributed by atoms with E-state index >= 15 is 0 Å². The number of hydrogen-bond donors (Lipinski definition) is 2. The minimum atomic E-state index is -0.216. The number of anilines is 2. The second-order valence-corrected chi connectivity index (χ2v) is 4.32. The molecule has 1 aromatic carbocycles. The standard InChI is InChI=1S/C13H16N4O/c1-8-6-10(14)4-5-11(8)15-13(18)12-7-9(2)17(3)16-12/h4-7H,14H2,1-3H3,(H,15,18). The molecule has 0 fully saturated rings. The van der Waals surface area contributed by atoms with Gasteiger partial charge in [0.15, 0.2) is 5.69 Å². The summed E-state index contributed by atoms with van der Waals surface area (Å²) >= 11 is 0. The first kappa shape index (κ1) is 12.2. The number of rotatable bonds is 2. The first-order valence-corrected chi connectivity index (χ1v) is 5.65. The molecule has 0 bridgehead atoms. The average molecular weight is 244 g/mol. The molecular weight excluding hydrogens is 228 g/mol. The van der Waals surface area contributed by atoms with Crippen LogP contribution in [0.4, 0.5) is 11.4 Å². The van der Waals surface area contributed by atoms with Crippen LogP contribution in [0, 0.1) is 13.8 Å². The van der Waals surface area contributed by atoms with Crippen LogP contribution in [0.25, 0.3) is 0 Å². The lowest BCUT2D eigenvalue weighted by molar-refractivity contribution is 0.102. The molecule has 5 heteroatoms. The number of nitrogens with one attached hydrogen (secondary N) is 1. The minimum absolute atomic E-state index is 0.216. The van der Waals surface area contributed by atoms with E-state index in [0.29, 0.717) is 11.4 Å². The molecule has 0 saturated heterocycles. The highest BCUT2D eigenvalue weighted by Gasteiger charge is 2.12. The van der Waals surface area contributed by atoms with Crippen molar-refractivity contribution in [1.29, 1.82) is 0 Å². The molecule has 0 atom stereocenters. The molecule has 18 heavy (non-hydrogen) atoms. The minimum Gasteiger partial charge on any atom is -0.399 e. The Bertz CT molecular complexity index is 582. The van der Waals surface area contributed by atoms with Crippen LogP contribution in [0.1, 0.15) is 21.7 Å². The van der Waals surface area contributed by atoms with Crippen molar-refractivity contribution in [3.05, 3.63) is 41.2 Å². The summed E-state index contributed by atoms with van der Waals surface area (Å²) in [6.45, 7) is 3.80. The number of nitrogens with zero attached hydrogens (tertiary/aromatic N) is 2. The summed E-state index contributed by atoms with van der Waals surface area (Å²) in [4.78, 5) is 12.0. The zero-order chi connectivity index (χ0) is 13.3. The zero-order valence-electron chi connectivity index (χ0n) is 10.7. The Hall–Kier alpha value is -2.30. The van der Waals surface area contributed by atoms with Crippen molar-refractivity contribution < 1.29 is 4.79 Å². The average Bonchev–Trinajstić information content (AvgIpc) is 2.63. The zero-order valence-corrected chi connectivity index (χ0v) is 10.7. The number of carbonyl (C=O) groups is 1. The van der Waals surface area contributed by atoms with Gasteiger partial charge in [0.25, 0.3) is 5.91 Å². The number of hydrogen-bond acceptors (Lipinski definition) is 3. The lowest BCUT2D eigenvalue weighted by Crippen LogP contribution is -2.13. The number of benzene rings is 1. The van der Waals surface area contributed by atoms with Gasteiger partial charge in [-0.15, -0.1) is 0 Å². The summed E-state index contributed by atoms with van der Waals surface area (Å²) < 4.78 is 1.67. The highest BCUT2D eigenvalue weighted by Crippen LogP contribution is 2.18. The van der Waals surface area contributed by atoms with E-state index in [1.54, 1.807) is 29.9 Å². The molecule has 0 saturated carbocycles. The molecule has 1 heterocycles. The van der Waals surface area contributed by atoms with Crippen molar-refractivity contribution in [2.24, 2.45) is 7.05 Å². The van der Waals surface area contributed by atoms with Crippen LogP contribution < -0.4 is 11.1 Å². The van der Waals surface area contributed by atoms with Crippen molar-refractivity contribution in [1.82, 2.24) is 9.78 Å². The van der Waals surface area contributed by atoms with Crippen molar-refractivity contribution in [2.45, 2.75) is 13.8 Å². The van der Waals surface area contributed by atoms with Gasteiger partial charge in [-0.1, -0.05) is 0 Å². The number of nitrogen functional groups attached to an aromatic ring is 1. The molecule has 3 N–H and O–H groups in total. The molecule has 0 radical (unpaired) electrons. The fourth-order valence-corrected chi connectivity index (χ4v) is 1.69. The predicted octanol–water partition coefficient (Wildman–Crippen LogP) is 1.87. The predicted molar refractivity (Wildman–Crippen MR) is 71.5 cm³/mol. The summed E-state index contributed by atoms with van der Waals surface area (Å²) in [7, 11) is 1.81. The van der Waals surface area contributed by atoms with Crippen molar-refractivity contribution in [3.8, 4) is 0 Å². The molecule has 1 aromatic heterocycles. The van der Waals surface area contributed by atoms with Gasteiger partial charge < -0.3 is 11.1 Å². The normalized spacial score (nSPS) is 10.4. The summed E-state index contributed by atoms with van der Waals surface area (Å²) in [5.41, 5.74) is 9.37. The van der Waals surface area contributed by atoms with Crippen LogP contribution in [0.3, 0.4) is 0 Å². The third kappa shape index (κ3) is 2.34. The Labute approximate surface area is 106 Å². The van der Waals surface area contributed by atoms with E-state index in [9.17, 15) is 4.79 Å². The Balaban J connectivity index is 2.21. The number of aromatic nitrogens is 2. The number of carbonyl (C=O) groups excluding carboxylic acids is 1. The fourth-order valence-electron chi connectivity index (χ4n) is 1.69. The molecule has 0 spiro atoms. The number of amides is 1. The molecule has 0 unspecified atom stereocenters. The molecule has 0 aliphatic carbocycles. The van der Waals surface area contributed by atoms with Crippen LogP contribution in [0.2, 0.25) is 0 Å². The first-order chi connectivity index (χ1) is 8.47. The largest absolute Gasteiger partial charge is 0.399 e. The van der Waals surface area contributed by atoms with Crippen LogP contribution in [-0.4, -0.2) is 15.7 Å². The third-order valence-electron chi connectivity index (χ3n) is 2.85. The van der Waals surface area contributed by atoms with Gasteiger partial charge in [-0.2, -0.15) is 5.10 Å². The van der Waals surface area contributed by atoms with E-state index in [4.69, 9.17) is 5.73 Å². The maximum absolute atomic E-state index is 12.0. The summed E-state index contributed by atoms with van der Waals surface area (Å²) in [5.74, 6) is -0.216. The summed E-state index contributed by atoms with van der Waals surface area (Å²) in [6, 6.07) is 7.12. The Morgan fingerprint density at radius 1 is 1.33 bits per heavy atom. The molecule has 94 valence electrons. The van der Waals surface area contributed by atoms with E-state index in [1.165, 1.54) is 0 Å². The monoisotopic (exact) mass is 244 g/mol.